The van der Waals surface area contributed by atoms with Crippen molar-refractivity contribution in [3.63, 3.8) is 0 Å². The van der Waals surface area contributed by atoms with Crippen molar-refractivity contribution in [2.24, 2.45) is 0 Å². The molecule has 0 heterocycles. The van der Waals surface area contributed by atoms with Gasteiger partial charge in [0.1, 0.15) is 5.75 Å². The fourth-order valence-electron chi connectivity index (χ4n) is 0.707. The second-order valence-corrected chi connectivity index (χ2v) is 2.18. The van der Waals surface area contributed by atoms with Gasteiger partial charge in [-0.25, -0.2) is 4.79 Å². The van der Waals surface area contributed by atoms with E-state index in [1.807, 2.05) is 6.92 Å². The first-order valence-corrected chi connectivity index (χ1v) is 3.16. The zero-order chi connectivity index (χ0) is 8.27. The Bertz CT molecular complexity index is 256. The first kappa shape index (κ1) is 11.4. The van der Waals surface area contributed by atoms with Gasteiger partial charge in [-0.1, -0.05) is 17.7 Å². The minimum absolute atomic E-state index is 0. The van der Waals surface area contributed by atoms with Gasteiger partial charge in [0.15, 0.2) is 0 Å². The number of rotatable bonds is 1. The van der Waals surface area contributed by atoms with Crippen molar-refractivity contribution < 1.29 is 14.6 Å². The summed E-state index contributed by atoms with van der Waals surface area (Å²) in [7, 11) is 0. The maximum atomic E-state index is 10.0. The van der Waals surface area contributed by atoms with Crippen LogP contribution in [0.25, 0.3) is 0 Å². The van der Waals surface area contributed by atoms with E-state index in [0.29, 0.717) is 5.75 Å². The summed E-state index contributed by atoms with van der Waals surface area (Å²) < 4.78 is 4.39. The summed E-state index contributed by atoms with van der Waals surface area (Å²) >= 11 is 0. The molecule has 0 aliphatic heterocycles. The number of hydrogen-bond donors (Lipinski definition) is 1. The summed E-state index contributed by atoms with van der Waals surface area (Å²) in [4.78, 5) is 10.0. The molecular formula is C8H11BiO3. The van der Waals surface area contributed by atoms with Crippen molar-refractivity contribution in [2.45, 2.75) is 6.92 Å². The first-order chi connectivity index (χ1) is 5.18. The molecular weight excluding hydrogens is 353 g/mol. The van der Waals surface area contributed by atoms with Crippen LogP contribution in [0.5, 0.6) is 5.75 Å². The second kappa shape index (κ2) is 5.10. The molecule has 0 atom stereocenters. The average molecular weight is 364 g/mol. The molecule has 0 saturated heterocycles. The van der Waals surface area contributed by atoms with E-state index in [1.165, 1.54) is 0 Å². The second-order valence-electron chi connectivity index (χ2n) is 2.18. The molecule has 0 bridgehead atoms. The van der Waals surface area contributed by atoms with E-state index in [4.69, 9.17) is 5.11 Å². The summed E-state index contributed by atoms with van der Waals surface area (Å²) in [5.41, 5.74) is 1.07. The van der Waals surface area contributed by atoms with Gasteiger partial charge in [-0.3, -0.25) is 0 Å². The Morgan fingerprint density at radius 3 is 2.25 bits per heavy atom. The molecule has 0 aromatic heterocycles. The van der Waals surface area contributed by atoms with Crippen LogP contribution in [0.2, 0.25) is 0 Å². The topological polar surface area (TPSA) is 46.5 Å². The molecule has 0 fully saturated rings. The van der Waals surface area contributed by atoms with Crippen molar-refractivity contribution in [3.05, 3.63) is 29.8 Å². The molecule has 12 heavy (non-hydrogen) atoms. The van der Waals surface area contributed by atoms with Crippen molar-refractivity contribution in [1.29, 1.82) is 0 Å². The first-order valence-electron chi connectivity index (χ1n) is 3.16. The average Bonchev–Trinajstić information content (AvgIpc) is 1.93. The monoisotopic (exact) mass is 364 g/mol. The zero-order valence-electron chi connectivity index (χ0n) is 6.78. The summed E-state index contributed by atoms with van der Waals surface area (Å²) in [5, 5.41) is 8.21. The molecule has 3 nitrogen and oxygen atoms in total. The Morgan fingerprint density at radius 2 is 1.83 bits per heavy atom. The minimum atomic E-state index is -1.28. The van der Waals surface area contributed by atoms with Crippen molar-refractivity contribution in [1.82, 2.24) is 0 Å². The Labute approximate surface area is 89.5 Å². The van der Waals surface area contributed by atoms with Crippen LogP contribution in [0.3, 0.4) is 0 Å². The molecule has 0 saturated carbocycles. The van der Waals surface area contributed by atoms with Gasteiger partial charge in [-0.2, -0.15) is 0 Å². The number of ether oxygens (including phenoxy) is 1. The third-order valence-corrected chi connectivity index (χ3v) is 1.23. The molecule has 0 aliphatic rings. The fourth-order valence-corrected chi connectivity index (χ4v) is 0.707. The predicted octanol–water partition coefficient (Wildman–Crippen LogP) is 0.868. The number of carbonyl (C=O) groups is 1. The van der Waals surface area contributed by atoms with Crippen LogP contribution in [-0.4, -0.2) is 37.5 Å². The van der Waals surface area contributed by atoms with E-state index in [1.54, 1.807) is 24.3 Å². The Hall–Kier alpha value is -0.627. The predicted molar refractivity (Wildman–Crippen MR) is 49.8 cm³/mol. The van der Waals surface area contributed by atoms with Crippen LogP contribution in [0.1, 0.15) is 5.56 Å². The number of hydrogen-bond acceptors (Lipinski definition) is 2. The van der Waals surface area contributed by atoms with Crippen LogP contribution < -0.4 is 4.74 Å². The van der Waals surface area contributed by atoms with Crippen LogP contribution in [-0.2, 0) is 0 Å². The molecule has 0 unspecified atom stereocenters. The van der Waals surface area contributed by atoms with Gasteiger partial charge in [0, 0.05) is 0 Å². The number of benzene rings is 1. The van der Waals surface area contributed by atoms with Crippen molar-refractivity contribution in [2.75, 3.05) is 0 Å². The number of aryl methyl sites for hydroxylation is 1. The molecule has 0 radical (unpaired) electrons. The van der Waals surface area contributed by atoms with Crippen LogP contribution in [0.4, 0.5) is 4.79 Å². The molecule has 1 aromatic rings. The maximum absolute atomic E-state index is 10.0. The quantitative estimate of drug-likeness (QED) is 0.457. The third kappa shape index (κ3) is 3.67. The Kier molecular flexibility index (Phi) is 4.83. The van der Waals surface area contributed by atoms with Gasteiger partial charge in [0.2, 0.25) is 0 Å². The summed E-state index contributed by atoms with van der Waals surface area (Å²) in [6.07, 6.45) is -1.28. The van der Waals surface area contributed by atoms with Gasteiger partial charge in [-0.15, -0.1) is 0 Å². The summed E-state index contributed by atoms with van der Waals surface area (Å²) in [6, 6.07) is 6.81. The molecule has 1 rings (SSSR count). The van der Waals surface area contributed by atoms with Crippen LogP contribution in [0.15, 0.2) is 24.3 Å². The zero-order valence-corrected chi connectivity index (χ0v) is 12.3. The van der Waals surface area contributed by atoms with Crippen molar-refractivity contribution >= 4 is 32.4 Å². The SMILES string of the molecule is Cc1ccc(OC(=O)O)cc1.[BiH3]. The summed E-state index contributed by atoms with van der Waals surface area (Å²) in [5.74, 6) is 0.350. The van der Waals surface area contributed by atoms with E-state index < -0.39 is 6.16 Å². The molecule has 1 N–H and O–H groups in total. The van der Waals surface area contributed by atoms with Crippen molar-refractivity contribution in [3.8, 4) is 5.75 Å². The van der Waals surface area contributed by atoms with Gasteiger partial charge in [0.25, 0.3) is 0 Å². The number of carboxylic acid groups (broad SMARTS) is 1. The van der Waals surface area contributed by atoms with Gasteiger partial charge < -0.3 is 9.84 Å². The third-order valence-electron chi connectivity index (χ3n) is 1.23. The molecule has 0 amide bonds. The molecule has 66 valence electrons. The van der Waals surface area contributed by atoms with E-state index in [9.17, 15) is 4.79 Å². The van der Waals surface area contributed by atoms with Gasteiger partial charge in [0.05, 0.1) is 0 Å². The van der Waals surface area contributed by atoms with E-state index in [2.05, 4.69) is 4.74 Å². The molecule has 0 aliphatic carbocycles. The molecule has 0 spiro atoms. The molecule has 4 heteroatoms. The Morgan fingerprint density at radius 1 is 1.33 bits per heavy atom. The van der Waals surface area contributed by atoms with Gasteiger partial charge in [-0.05, 0) is 19.1 Å². The van der Waals surface area contributed by atoms with Crippen LogP contribution >= 0.6 is 0 Å². The van der Waals surface area contributed by atoms with E-state index in [-0.39, 0.29) is 26.2 Å². The van der Waals surface area contributed by atoms with Gasteiger partial charge >= 0.3 is 32.4 Å². The standard InChI is InChI=1S/C8H8O3.Bi.3H/c1-6-2-4-7(5-3-6)11-8(9)10;;;;/h2-5H,1H3,(H,9,10);;;;. The summed E-state index contributed by atoms with van der Waals surface area (Å²) in [6.45, 7) is 1.92. The fraction of sp³-hybridized carbons (Fsp3) is 0.125. The Balaban J connectivity index is 0.00000121. The van der Waals surface area contributed by atoms with E-state index in [0.717, 1.165) is 5.56 Å². The van der Waals surface area contributed by atoms with E-state index >= 15 is 0 Å². The normalized spacial score (nSPS) is 8.42. The van der Waals surface area contributed by atoms with Crippen LogP contribution in [0, 0.1) is 6.92 Å². The molecule has 1 aromatic carbocycles.